The fourth-order valence-corrected chi connectivity index (χ4v) is 1.69. The van der Waals surface area contributed by atoms with Gasteiger partial charge in [0.1, 0.15) is 0 Å². The molecule has 0 saturated heterocycles. The maximum Gasteiger partial charge on any atom is 0.337 e. The molecule has 4 heteroatoms. The number of aromatic carboxylic acids is 1. The van der Waals surface area contributed by atoms with Crippen LogP contribution < -0.4 is 0 Å². The minimum absolute atomic E-state index is 0.225. The molecule has 0 bridgehead atoms. The summed E-state index contributed by atoms with van der Waals surface area (Å²) in [5.74, 6) is -0.961. The van der Waals surface area contributed by atoms with Gasteiger partial charge in [-0.2, -0.15) is 0 Å². The highest BCUT2D eigenvalue weighted by Gasteiger charge is 2.09. The van der Waals surface area contributed by atoms with Crippen molar-refractivity contribution in [1.29, 1.82) is 0 Å². The van der Waals surface area contributed by atoms with Crippen molar-refractivity contribution in [2.75, 3.05) is 0 Å². The average Bonchev–Trinajstić information content (AvgIpc) is 2.29. The van der Waals surface area contributed by atoms with Crippen LogP contribution in [0.2, 0.25) is 5.02 Å². The third kappa shape index (κ3) is 2.45. The summed E-state index contributed by atoms with van der Waals surface area (Å²) in [6, 6.07) is 10.5. The lowest BCUT2D eigenvalue weighted by atomic mass is 10.1. The van der Waals surface area contributed by atoms with Gasteiger partial charge >= 0.3 is 5.97 Å². The summed E-state index contributed by atoms with van der Waals surface area (Å²) in [6.45, 7) is 1.68. The number of carboxylic acid groups (broad SMARTS) is 1. The van der Waals surface area contributed by atoms with Gasteiger partial charge in [-0.3, -0.25) is 4.98 Å². The lowest BCUT2D eigenvalue weighted by Gasteiger charge is -2.04. The van der Waals surface area contributed by atoms with Crippen LogP contribution in [-0.2, 0) is 0 Å². The normalized spacial score (nSPS) is 10.2. The van der Waals surface area contributed by atoms with Crippen molar-refractivity contribution < 1.29 is 9.90 Å². The molecule has 1 aromatic heterocycles. The fraction of sp³-hybridized carbons (Fsp3) is 0.0769. The van der Waals surface area contributed by atoms with E-state index in [2.05, 4.69) is 4.98 Å². The Morgan fingerprint density at radius 3 is 2.35 bits per heavy atom. The molecular formula is C13H10ClNO2. The van der Waals surface area contributed by atoms with E-state index in [1.54, 1.807) is 31.2 Å². The topological polar surface area (TPSA) is 50.2 Å². The summed E-state index contributed by atoms with van der Waals surface area (Å²) < 4.78 is 0. The van der Waals surface area contributed by atoms with Crippen LogP contribution in [0.5, 0.6) is 0 Å². The molecule has 2 aromatic rings. The second-order valence-corrected chi connectivity index (χ2v) is 4.08. The van der Waals surface area contributed by atoms with Crippen molar-refractivity contribution in [3.05, 3.63) is 52.7 Å². The minimum Gasteiger partial charge on any atom is -0.478 e. The molecule has 3 nitrogen and oxygen atoms in total. The first-order chi connectivity index (χ1) is 8.08. The summed E-state index contributed by atoms with van der Waals surface area (Å²) >= 11 is 5.80. The Morgan fingerprint density at radius 2 is 1.82 bits per heavy atom. The van der Waals surface area contributed by atoms with Crippen LogP contribution in [0, 0.1) is 6.92 Å². The van der Waals surface area contributed by atoms with E-state index in [9.17, 15) is 4.79 Å². The van der Waals surface area contributed by atoms with Gasteiger partial charge in [-0.15, -0.1) is 0 Å². The average molecular weight is 248 g/mol. The van der Waals surface area contributed by atoms with Gasteiger partial charge in [0.05, 0.1) is 17.0 Å². The molecule has 1 aromatic carbocycles. The largest absolute Gasteiger partial charge is 0.478 e. The zero-order valence-corrected chi connectivity index (χ0v) is 9.90. The molecule has 0 aliphatic carbocycles. The van der Waals surface area contributed by atoms with Gasteiger partial charge < -0.3 is 5.11 Å². The smallest absolute Gasteiger partial charge is 0.337 e. The van der Waals surface area contributed by atoms with E-state index in [1.807, 2.05) is 12.1 Å². The van der Waals surface area contributed by atoms with Gasteiger partial charge in [-0.05, 0) is 31.2 Å². The molecule has 0 amide bonds. The molecule has 0 radical (unpaired) electrons. The predicted molar refractivity (Wildman–Crippen MR) is 66.4 cm³/mol. The Balaban J connectivity index is 2.44. The van der Waals surface area contributed by atoms with Crippen LogP contribution in [0.25, 0.3) is 11.3 Å². The van der Waals surface area contributed by atoms with E-state index >= 15 is 0 Å². The second kappa shape index (κ2) is 4.55. The molecule has 0 fully saturated rings. The maximum absolute atomic E-state index is 10.9. The first kappa shape index (κ1) is 11.6. The van der Waals surface area contributed by atoms with E-state index in [-0.39, 0.29) is 5.56 Å². The molecule has 0 unspecified atom stereocenters. The van der Waals surface area contributed by atoms with E-state index in [4.69, 9.17) is 16.7 Å². The monoisotopic (exact) mass is 247 g/mol. The summed E-state index contributed by atoms with van der Waals surface area (Å²) in [5.41, 5.74) is 2.38. The van der Waals surface area contributed by atoms with Gasteiger partial charge in [0, 0.05) is 10.6 Å². The predicted octanol–water partition coefficient (Wildman–Crippen LogP) is 3.41. The standard InChI is InChI=1S/C13H10ClNO2/c1-8-11(13(16)17)6-7-12(15-8)9-2-4-10(14)5-3-9/h2-7H,1H3,(H,16,17). The van der Waals surface area contributed by atoms with Gasteiger partial charge in [0.25, 0.3) is 0 Å². The number of pyridine rings is 1. The highest BCUT2D eigenvalue weighted by molar-refractivity contribution is 6.30. The molecule has 0 aliphatic heterocycles. The first-order valence-corrected chi connectivity index (χ1v) is 5.42. The number of benzene rings is 1. The Hall–Kier alpha value is -1.87. The van der Waals surface area contributed by atoms with Crippen LogP contribution >= 0.6 is 11.6 Å². The van der Waals surface area contributed by atoms with E-state index < -0.39 is 5.97 Å². The Kier molecular flexibility index (Phi) is 3.11. The fourth-order valence-electron chi connectivity index (χ4n) is 1.57. The number of carboxylic acids is 1. The van der Waals surface area contributed by atoms with Gasteiger partial charge in [-0.1, -0.05) is 23.7 Å². The van der Waals surface area contributed by atoms with E-state index in [0.29, 0.717) is 10.7 Å². The molecule has 1 N–H and O–H groups in total. The van der Waals surface area contributed by atoms with Gasteiger partial charge in [-0.25, -0.2) is 4.79 Å². The number of aromatic nitrogens is 1. The molecular weight excluding hydrogens is 238 g/mol. The summed E-state index contributed by atoms with van der Waals surface area (Å²) in [7, 11) is 0. The summed E-state index contributed by atoms with van der Waals surface area (Å²) in [5, 5.41) is 9.57. The third-order valence-electron chi connectivity index (χ3n) is 2.46. The molecule has 0 saturated carbocycles. The number of carbonyl (C=O) groups is 1. The number of hydrogen-bond donors (Lipinski definition) is 1. The summed E-state index contributed by atoms with van der Waals surface area (Å²) in [6.07, 6.45) is 0. The zero-order valence-electron chi connectivity index (χ0n) is 9.14. The second-order valence-electron chi connectivity index (χ2n) is 3.64. The number of halogens is 1. The Morgan fingerprint density at radius 1 is 1.18 bits per heavy atom. The van der Waals surface area contributed by atoms with Crippen molar-refractivity contribution in [3.8, 4) is 11.3 Å². The Bertz CT molecular complexity index is 564. The highest BCUT2D eigenvalue weighted by atomic mass is 35.5. The molecule has 0 aliphatic rings. The molecule has 17 heavy (non-hydrogen) atoms. The van der Waals surface area contributed by atoms with Crippen LogP contribution in [-0.4, -0.2) is 16.1 Å². The molecule has 0 spiro atoms. The third-order valence-corrected chi connectivity index (χ3v) is 2.71. The highest BCUT2D eigenvalue weighted by Crippen LogP contribution is 2.21. The van der Waals surface area contributed by atoms with Crippen molar-refractivity contribution >= 4 is 17.6 Å². The van der Waals surface area contributed by atoms with Crippen molar-refractivity contribution in [2.45, 2.75) is 6.92 Å². The van der Waals surface area contributed by atoms with Crippen molar-refractivity contribution in [3.63, 3.8) is 0 Å². The lowest BCUT2D eigenvalue weighted by Crippen LogP contribution is -2.02. The van der Waals surface area contributed by atoms with Crippen LogP contribution in [0.3, 0.4) is 0 Å². The minimum atomic E-state index is -0.961. The first-order valence-electron chi connectivity index (χ1n) is 5.05. The number of hydrogen-bond acceptors (Lipinski definition) is 2. The molecule has 86 valence electrons. The lowest BCUT2D eigenvalue weighted by molar-refractivity contribution is 0.0695. The van der Waals surface area contributed by atoms with E-state index in [1.165, 1.54) is 0 Å². The van der Waals surface area contributed by atoms with E-state index in [0.717, 1.165) is 11.3 Å². The summed E-state index contributed by atoms with van der Waals surface area (Å²) in [4.78, 5) is 15.1. The number of nitrogens with zero attached hydrogens (tertiary/aromatic N) is 1. The molecule has 2 rings (SSSR count). The van der Waals surface area contributed by atoms with Gasteiger partial charge in [0.15, 0.2) is 0 Å². The Labute approximate surface area is 104 Å². The quantitative estimate of drug-likeness (QED) is 0.885. The van der Waals surface area contributed by atoms with Crippen LogP contribution in [0.15, 0.2) is 36.4 Å². The zero-order chi connectivity index (χ0) is 12.4. The van der Waals surface area contributed by atoms with Crippen LogP contribution in [0.4, 0.5) is 0 Å². The van der Waals surface area contributed by atoms with Crippen molar-refractivity contribution in [2.24, 2.45) is 0 Å². The maximum atomic E-state index is 10.9. The van der Waals surface area contributed by atoms with Crippen molar-refractivity contribution in [1.82, 2.24) is 4.98 Å². The van der Waals surface area contributed by atoms with Crippen LogP contribution in [0.1, 0.15) is 16.1 Å². The SMILES string of the molecule is Cc1nc(-c2ccc(Cl)cc2)ccc1C(=O)O. The molecule has 0 atom stereocenters. The number of aryl methyl sites for hydroxylation is 1. The molecule has 1 heterocycles. The number of rotatable bonds is 2. The van der Waals surface area contributed by atoms with Gasteiger partial charge in [0.2, 0.25) is 0 Å².